The Morgan fingerprint density at radius 1 is 1.28 bits per heavy atom. The summed E-state index contributed by atoms with van der Waals surface area (Å²) in [7, 11) is 0. The highest BCUT2D eigenvalue weighted by molar-refractivity contribution is 5.91. The number of nitrogens with zero attached hydrogens (tertiary/aromatic N) is 2. The minimum absolute atomic E-state index is 0.0675. The summed E-state index contributed by atoms with van der Waals surface area (Å²) in [5.74, 6) is 0.693. The Morgan fingerprint density at radius 2 is 2.17 bits per heavy atom. The van der Waals surface area contributed by atoms with Gasteiger partial charge in [0.15, 0.2) is 5.76 Å². The van der Waals surface area contributed by atoms with Crippen molar-refractivity contribution in [1.82, 2.24) is 10.2 Å². The zero-order valence-electron chi connectivity index (χ0n) is 10.4. The zero-order valence-corrected chi connectivity index (χ0v) is 10.4. The molecule has 5 nitrogen and oxygen atoms in total. The average Bonchev–Trinajstić information content (AvgIpc) is 3.03. The zero-order chi connectivity index (χ0) is 12.8. The lowest BCUT2D eigenvalue weighted by molar-refractivity contribution is 0.0946. The Hall–Kier alpha value is -1.91. The van der Waals surface area contributed by atoms with Crippen LogP contribution in [0.25, 0.3) is 11.7 Å². The molecule has 0 spiro atoms. The molecule has 96 valence electrons. The molecule has 2 heterocycles. The molecule has 2 rings (SSSR count). The number of aromatic nitrogens is 2. The van der Waals surface area contributed by atoms with Crippen LogP contribution in [0.3, 0.4) is 0 Å². The third-order valence-electron chi connectivity index (χ3n) is 2.65. The van der Waals surface area contributed by atoms with Gasteiger partial charge in [0.1, 0.15) is 0 Å². The van der Waals surface area contributed by atoms with Gasteiger partial charge in [-0.3, -0.25) is 4.79 Å². The molecule has 0 aliphatic rings. The molecule has 0 unspecified atom stereocenters. The molecule has 2 aromatic rings. The van der Waals surface area contributed by atoms with Crippen molar-refractivity contribution >= 4 is 5.78 Å². The standard InChI is InChI=1S/C13H16N2O3/c1-2-3-4-5-7-10(16)12-14-15-13(18-12)11-8-6-9-17-11/h6,8-9H,2-5,7H2,1H3. The van der Waals surface area contributed by atoms with Crippen molar-refractivity contribution in [2.24, 2.45) is 0 Å². The van der Waals surface area contributed by atoms with Crippen molar-refractivity contribution in [1.29, 1.82) is 0 Å². The predicted molar refractivity (Wildman–Crippen MR) is 65.1 cm³/mol. The van der Waals surface area contributed by atoms with Crippen molar-refractivity contribution in [2.75, 3.05) is 0 Å². The number of hydrogen-bond donors (Lipinski definition) is 0. The monoisotopic (exact) mass is 248 g/mol. The molecule has 0 bridgehead atoms. The smallest absolute Gasteiger partial charge is 0.284 e. The highest BCUT2D eigenvalue weighted by Crippen LogP contribution is 2.18. The summed E-state index contributed by atoms with van der Waals surface area (Å²) in [6.07, 6.45) is 6.20. The minimum atomic E-state index is -0.101. The summed E-state index contributed by atoms with van der Waals surface area (Å²) in [6, 6.07) is 3.44. The van der Waals surface area contributed by atoms with Crippen LogP contribution in [0.5, 0.6) is 0 Å². The lowest BCUT2D eigenvalue weighted by atomic mass is 10.1. The van der Waals surface area contributed by atoms with Crippen LogP contribution in [0.15, 0.2) is 27.2 Å². The maximum Gasteiger partial charge on any atom is 0.284 e. The molecule has 5 heteroatoms. The van der Waals surface area contributed by atoms with E-state index in [1.165, 1.54) is 6.26 Å². The number of furan rings is 1. The van der Waals surface area contributed by atoms with Gasteiger partial charge in [0.25, 0.3) is 11.8 Å². The SMILES string of the molecule is CCCCCCC(=O)c1nnc(-c2ccco2)o1. The number of ketones is 1. The second kappa shape index (κ2) is 6.14. The molecule has 0 atom stereocenters. The van der Waals surface area contributed by atoms with Gasteiger partial charge < -0.3 is 8.83 Å². The maximum absolute atomic E-state index is 11.8. The first-order chi connectivity index (χ1) is 8.81. The Labute approximate surface area is 105 Å². The van der Waals surface area contributed by atoms with E-state index >= 15 is 0 Å². The van der Waals surface area contributed by atoms with Crippen molar-refractivity contribution in [2.45, 2.75) is 39.0 Å². The number of Topliss-reactive ketones (excluding diaryl/α,β-unsaturated/α-hetero) is 1. The van der Waals surface area contributed by atoms with Gasteiger partial charge in [0, 0.05) is 6.42 Å². The number of carbonyl (C=O) groups excluding carboxylic acids is 1. The predicted octanol–water partition coefficient (Wildman–Crippen LogP) is 3.48. The minimum Gasteiger partial charge on any atom is -0.459 e. The van der Waals surface area contributed by atoms with E-state index < -0.39 is 0 Å². The summed E-state index contributed by atoms with van der Waals surface area (Å²) in [5.41, 5.74) is 0. The Morgan fingerprint density at radius 3 is 2.89 bits per heavy atom. The summed E-state index contributed by atoms with van der Waals surface area (Å²) in [6.45, 7) is 2.13. The molecule has 0 aromatic carbocycles. The normalized spacial score (nSPS) is 10.7. The molecule has 0 aliphatic carbocycles. The van der Waals surface area contributed by atoms with Crippen molar-refractivity contribution < 1.29 is 13.6 Å². The van der Waals surface area contributed by atoms with Crippen LogP contribution < -0.4 is 0 Å². The van der Waals surface area contributed by atoms with Gasteiger partial charge >= 0.3 is 0 Å². The maximum atomic E-state index is 11.8. The summed E-state index contributed by atoms with van der Waals surface area (Å²) < 4.78 is 10.4. The lowest BCUT2D eigenvalue weighted by Gasteiger charge is -1.95. The van der Waals surface area contributed by atoms with Crippen LogP contribution in [0.2, 0.25) is 0 Å². The van der Waals surface area contributed by atoms with Gasteiger partial charge in [-0.15, -0.1) is 10.2 Å². The molecular formula is C13H16N2O3. The van der Waals surface area contributed by atoms with Crippen LogP contribution in [-0.2, 0) is 0 Å². The van der Waals surface area contributed by atoms with Gasteiger partial charge in [-0.05, 0) is 18.6 Å². The van der Waals surface area contributed by atoms with Crippen LogP contribution >= 0.6 is 0 Å². The molecule has 0 saturated heterocycles. The van der Waals surface area contributed by atoms with Gasteiger partial charge in [-0.1, -0.05) is 26.2 Å². The topological polar surface area (TPSA) is 69.1 Å². The number of rotatable bonds is 7. The van der Waals surface area contributed by atoms with Gasteiger partial charge in [-0.25, -0.2) is 0 Å². The van der Waals surface area contributed by atoms with E-state index in [1.54, 1.807) is 12.1 Å². The molecule has 0 N–H and O–H groups in total. The van der Waals surface area contributed by atoms with Gasteiger partial charge in [0.05, 0.1) is 6.26 Å². The first kappa shape index (κ1) is 12.5. The molecule has 2 aromatic heterocycles. The van der Waals surface area contributed by atoms with E-state index in [1.807, 2.05) is 0 Å². The molecule has 18 heavy (non-hydrogen) atoms. The van der Waals surface area contributed by atoms with Crippen LogP contribution in [-0.4, -0.2) is 16.0 Å². The third-order valence-corrected chi connectivity index (χ3v) is 2.65. The molecular weight excluding hydrogens is 232 g/mol. The Kier molecular flexibility index (Phi) is 4.28. The first-order valence-electron chi connectivity index (χ1n) is 6.22. The average molecular weight is 248 g/mol. The number of carbonyl (C=O) groups is 1. The molecule has 0 saturated carbocycles. The van der Waals surface area contributed by atoms with E-state index in [-0.39, 0.29) is 17.6 Å². The van der Waals surface area contributed by atoms with E-state index in [0.29, 0.717) is 12.2 Å². The van der Waals surface area contributed by atoms with Gasteiger partial charge in [0.2, 0.25) is 5.78 Å². The third kappa shape index (κ3) is 3.06. The molecule has 0 radical (unpaired) electrons. The van der Waals surface area contributed by atoms with E-state index in [9.17, 15) is 4.79 Å². The van der Waals surface area contributed by atoms with Crippen molar-refractivity contribution in [3.8, 4) is 11.7 Å². The Bertz CT molecular complexity index is 488. The van der Waals surface area contributed by atoms with Crippen molar-refractivity contribution in [3.63, 3.8) is 0 Å². The number of unbranched alkanes of at least 4 members (excludes halogenated alkanes) is 3. The number of hydrogen-bond acceptors (Lipinski definition) is 5. The summed E-state index contributed by atoms with van der Waals surface area (Å²) >= 11 is 0. The summed E-state index contributed by atoms with van der Waals surface area (Å²) in [4.78, 5) is 11.8. The largest absolute Gasteiger partial charge is 0.459 e. The van der Waals surface area contributed by atoms with Crippen LogP contribution in [0.1, 0.15) is 49.7 Å². The van der Waals surface area contributed by atoms with Crippen molar-refractivity contribution in [3.05, 3.63) is 24.3 Å². The molecule has 0 aliphatic heterocycles. The van der Waals surface area contributed by atoms with E-state index in [4.69, 9.17) is 8.83 Å². The van der Waals surface area contributed by atoms with E-state index in [0.717, 1.165) is 25.7 Å². The van der Waals surface area contributed by atoms with Crippen LogP contribution in [0.4, 0.5) is 0 Å². The fourth-order valence-electron chi connectivity index (χ4n) is 1.65. The quantitative estimate of drug-likeness (QED) is 0.554. The highest BCUT2D eigenvalue weighted by atomic mass is 16.4. The second-order valence-corrected chi connectivity index (χ2v) is 4.12. The highest BCUT2D eigenvalue weighted by Gasteiger charge is 2.16. The van der Waals surface area contributed by atoms with E-state index in [2.05, 4.69) is 17.1 Å². The lowest BCUT2D eigenvalue weighted by Crippen LogP contribution is -1.99. The summed E-state index contributed by atoms with van der Waals surface area (Å²) in [5, 5.41) is 7.54. The first-order valence-corrected chi connectivity index (χ1v) is 6.22. The molecule has 0 amide bonds. The Balaban J connectivity index is 1.91. The fraction of sp³-hybridized carbons (Fsp3) is 0.462. The molecule has 0 fully saturated rings. The second-order valence-electron chi connectivity index (χ2n) is 4.12. The fourth-order valence-corrected chi connectivity index (χ4v) is 1.65. The van der Waals surface area contributed by atoms with Gasteiger partial charge in [-0.2, -0.15) is 0 Å². The van der Waals surface area contributed by atoms with Crippen LogP contribution in [0, 0.1) is 0 Å².